The van der Waals surface area contributed by atoms with E-state index in [0.717, 1.165) is 12.0 Å². The van der Waals surface area contributed by atoms with E-state index in [-0.39, 0.29) is 13.2 Å². The predicted molar refractivity (Wildman–Crippen MR) is 70.4 cm³/mol. The molecule has 1 atom stereocenters. The van der Waals surface area contributed by atoms with E-state index in [1.807, 2.05) is 19.1 Å². The first kappa shape index (κ1) is 13.1. The number of carboxylic acids is 1. The van der Waals surface area contributed by atoms with E-state index in [2.05, 4.69) is 12.6 Å². The lowest BCUT2D eigenvalue weighted by atomic mass is 9.90. The maximum atomic E-state index is 11.0. The Kier molecular flexibility index (Phi) is 3.71. The molecule has 0 amide bonds. The van der Waals surface area contributed by atoms with Crippen molar-refractivity contribution in [1.82, 2.24) is 0 Å². The first-order valence-electron chi connectivity index (χ1n) is 5.89. The summed E-state index contributed by atoms with van der Waals surface area (Å²) in [6, 6.07) is 5.49. The molecule has 1 N–H and O–H groups in total. The normalized spacial score (nSPS) is 16.3. The molecule has 1 aromatic rings. The number of hydrogen-bond acceptors (Lipinski definition) is 4. The summed E-state index contributed by atoms with van der Waals surface area (Å²) in [5, 5.41) is 9.03. The van der Waals surface area contributed by atoms with Gasteiger partial charge < -0.3 is 14.6 Å². The largest absolute Gasteiger partial charge is 0.481 e. The molecule has 1 heterocycles. The van der Waals surface area contributed by atoms with Crippen LogP contribution in [0, 0.1) is 0 Å². The Bertz CT molecular complexity index is 460. The minimum atomic E-state index is -0.851. The van der Waals surface area contributed by atoms with Crippen molar-refractivity contribution in [3.63, 3.8) is 0 Å². The van der Waals surface area contributed by atoms with Crippen LogP contribution in [-0.4, -0.2) is 17.9 Å². The molecule has 0 aliphatic carbocycles. The van der Waals surface area contributed by atoms with Crippen molar-refractivity contribution in [3.05, 3.63) is 23.8 Å². The van der Waals surface area contributed by atoms with E-state index >= 15 is 0 Å². The number of thiol groups is 1. The Hall–Kier alpha value is -1.36. The lowest BCUT2D eigenvalue weighted by Crippen LogP contribution is -2.23. The molecule has 18 heavy (non-hydrogen) atoms. The van der Waals surface area contributed by atoms with Gasteiger partial charge in [-0.15, -0.1) is 0 Å². The quantitative estimate of drug-likeness (QED) is 0.806. The lowest BCUT2D eigenvalue weighted by molar-refractivity contribution is -0.137. The summed E-state index contributed by atoms with van der Waals surface area (Å²) in [5.41, 5.74) is 0.860. The smallest absolute Gasteiger partial charge is 0.305 e. The average molecular weight is 268 g/mol. The standard InChI is InChI=1S/C13H16O4S/c1-2-5-13(18,7-12(14)15)9-3-4-10-11(6-9)17-8-16-10/h3-4,6,18H,2,5,7-8H2,1H3,(H,14,15). The maximum Gasteiger partial charge on any atom is 0.305 e. The van der Waals surface area contributed by atoms with Gasteiger partial charge in [-0.25, -0.2) is 0 Å². The van der Waals surface area contributed by atoms with Crippen LogP contribution in [0.1, 0.15) is 31.7 Å². The van der Waals surface area contributed by atoms with Gasteiger partial charge >= 0.3 is 5.97 Å². The zero-order valence-corrected chi connectivity index (χ0v) is 11.1. The van der Waals surface area contributed by atoms with Gasteiger partial charge in [-0.3, -0.25) is 4.79 Å². The van der Waals surface area contributed by atoms with Crippen molar-refractivity contribution >= 4 is 18.6 Å². The van der Waals surface area contributed by atoms with Crippen LogP contribution >= 0.6 is 12.6 Å². The summed E-state index contributed by atoms with van der Waals surface area (Å²) >= 11 is 4.59. The maximum absolute atomic E-state index is 11.0. The number of aliphatic carboxylic acids is 1. The second-order valence-electron chi connectivity index (χ2n) is 4.42. The summed E-state index contributed by atoms with van der Waals surface area (Å²) in [5.74, 6) is 0.504. The van der Waals surface area contributed by atoms with Crippen molar-refractivity contribution in [2.45, 2.75) is 30.9 Å². The second kappa shape index (κ2) is 5.10. The van der Waals surface area contributed by atoms with Crippen LogP contribution < -0.4 is 9.47 Å². The van der Waals surface area contributed by atoms with Gasteiger partial charge in [-0.2, -0.15) is 12.6 Å². The Morgan fingerprint density at radius 3 is 2.83 bits per heavy atom. The van der Waals surface area contributed by atoms with Crippen LogP contribution in [0.2, 0.25) is 0 Å². The molecule has 1 unspecified atom stereocenters. The molecule has 0 radical (unpaired) electrons. The molecule has 0 fully saturated rings. The summed E-state index contributed by atoms with van der Waals surface area (Å²) in [6.07, 6.45) is 1.55. The third-order valence-corrected chi connectivity index (χ3v) is 3.66. The Labute approximate surface area is 111 Å². The molecular weight excluding hydrogens is 252 g/mol. The minimum absolute atomic E-state index is 0.0103. The summed E-state index contributed by atoms with van der Waals surface area (Å²) < 4.78 is 9.89. The highest BCUT2D eigenvalue weighted by Crippen LogP contribution is 2.42. The molecular formula is C13H16O4S. The first-order chi connectivity index (χ1) is 8.55. The van der Waals surface area contributed by atoms with Gasteiger partial charge in [-0.05, 0) is 24.1 Å². The molecule has 0 bridgehead atoms. The molecule has 1 aromatic carbocycles. The van der Waals surface area contributed by atoms with Gasteiger partial charge in [0.15, 0.2) is 11.5 Å². The van der Waals surface area contributed by atoms with Crippen molar-refractivity contribution in [2.75, 3.05) is 6.79 Å². The topological polar surface area (TPSA) is 55.8 Å². The number of carboxylic acid groups (broad SMARTS) is 1. The van der Waals surface area contributed by atoms with Crippen LogP contribution in [0.15, 0.2) is 18.2 Å². The van der Waals surface area contributed by atoms with Crippen molar-refractivity contribution in [3.8, 4) is 11.5 Å². The van der Waals surface area contributed by atoms with Gasteiger partial charge in [0.25, 0.3) is 0 Å². The van der Waals surface area contributed by atoms with Crippen LogP contribution in [0.5, 0.6) is 11.5 Å². The van der Waals surface area contributed by atoms with E-state index < -0.39 is 10.7 Å². The molecule has 0 aromatic heterocycles. The fraction of sp³-hybridized carbons (Fsp3) is 0.462. The average Bonchev–Trinajstić information content (AvgIpc) is 2.74. The number of carbonyl (C=O) groups is 1. The Morgan fingerprint density at radius 1 is 1.44 bits per heavy atom. The summed E-state index contributed by atoms with van der Waals surface area (Å²) in [4.78, 5) is 11.0. The highest BCUT2D eigenvalue weighted by molar-refractivity contribution is 7.81. The third-order valence-electron chi connectivity index (χ3n) is 3.02. The monoisotopic (exact) mass is 268 g/mol. The molecule has 0 saturated heterocycles. The summed E-state index contributed by atoms with van der Waals surface area (Å²) in [6.45, 7) is 2.23. The number of ether oxygens (including phenoxy) is 2. The van der Waals surface area contributed by atoms with Crippen LogP contribution in [0.3, 0.4) is 0 Å². The molecule has 0 spiro atoms. The highest BCUT2D eigenvalue weighted by atomic mass is 32.1. The fourth-order valence-corrected chi connectivity index (χ4v) is 2.68. The highest BCUT2D eigenvalue weighted by Gasteiger charge is 2.31. The number of fused-ring (bicyclic) bond motifs is 1. The number of hydrogen-bond donors (Lipinski definition) is 2. The summed E-state index contributed by atoms with van der Waals surface area (Å²) in [7, 11) is 0. The molecule has 1 aliphatic rings. The third kappa shape index (κ3) is 2.56. The van der Waals surface area contributed by atoms with Crippen LogP contribution in [-0.2, 0) is 9.54 Å². The van der Waals surface area contributed by atoms with Crippen molar-refractivity contribution < 1.29 is 19.4 Å². The molecule has 2 rings (SSSR count). The van der Waals surface area contributed by atoms with Gasteiger partial charge in [0.1, 0.15) is 0 Å². The van der Waals surface area contributed by atoms with E-state index in [0.29, 0.717) is 17.9 Å². The number of benzene rings is 1. The zero-order valence-electron chi connectivity index (χ0n) is 10.2. The van der Waals surface area contributed by atoms with Crippen molar-refractivity contribution in [1.29, 1.82) is 0 Å². The van der Waals surface area contributed by atoms with E-state index in [4.69, 9.17) is 14.6 Å². The van der Waals surface area contributed by atoms with Crippen molar-refractivity contribution in [2.24, 2.45) is 0 Å². The van der Waals surface area contributed by atoms with Gasteiger partial charge in [0.05, 0.1) is 6.42 Å². The number of rotatable bonds is 5. The van der Waals surface area contributed by atoms with E-state index in [9.17, 15) is 4.79 Å². The first-order valence-corrected chi connectivity index (χ1v) is 6.34. The molecule has 98 valence electrons. The van der Waals surface area contributed by atoms with Gasteiger partial charge in [0.2, 0.25) is 6.79 Å². The lowest BCUT2D eigenvalue weighted by Gasteiger charge is -2.27. The zero-order chi connectivity index (χ0) is 13.2. The van der Waals surface area contributed by atoms with E-state index in [1.54, 1.807) is 6.07 Å². The molecule has 4 nitrogen and oxygen atoms in total. The van der Waals surface area contributed by atoms with Crippen LogP contribution in [0.4, 0.5) is 0 Å². The SMILES string of the molecule is CCCC(S)(CC(=O)O)c1ccc2c(c1)OCO2. The Balaban J connectivity index is 2.33. The Morgan fingerprint density at radius 2 is 2.17 bits per heavy atom. The molecule has 0 saturated carbocycles. The van der Waals surface area contributed by atoms with E-state index in [1.165, 1.54) is 0 Å². The van der Waals surface area contributed by atoms with Gasteiger partial charge in [-0.1, -0.05) is 19.4 Å². The fourth-order valence-electron chi connectivity index (χ4n) is 2.18. The molecule has 5 heteroatoms. The second-order valence-corrected chi connectivity index (χ2v) is 5.28. The molecule has 1 aliphatic heterocycles. The predicted octanol–water partition coefficient (Wildman–Crippen LogP) is 2.82. The minimum Gasteiger partial charge on any atom is -0.481 e. The van der Waals surface area contributed by atoms with Crippen LogP contribution in [0.25, 0.3) is 0 Å². The van der Waals surface area contributed by atoms with Gasteiger partial charge in [0, 0.05) is 4.75 Å².